The van der Waals surface area contributed by atoms with Crippen molar-refractivity contribution in [3.8, 4) is 5.75 Å². The zero-order valence-electron chi connectivity index (χ0n) is 13.9. The summed E-state index contributed by atoms with van der Waals surface area (Å²) in [7, 11) is 0. The van der Waals surface area contributed by atoms with Crippen LogP contribution in [-0.4, -0.2) is 4.98 Å². The lowest BCUT2D eigenvalue weighted by Crippen LogP contribution is -2.18. The van der Waals surface area contributed by atoms with Crippen molar-refractivity contribution in [2.75, 3.05) is 0 Å². The van der Waals surface area contributed by atoms with Crippen LogP contribution in [0.5, 0.6) is 5.75 Å². The fourth-order valence-electron chi connectivity index (χ4n) is 2.51. The normalized spacial score (nSPS) is 11.9. The molecule has 3 rings (SSSR count). The fraction of sp³-hybridized carbons (Fsp3) is 0.190. The van der Waals surface area contributed by atoms with Crippen LogP contribution in [0.1, 0.15) is 29.7 Å². The molecule has 1 heterocycles. The van der Waals surface area contributed by atoms with Crippen LogP contribution in [0.3, 0.4) is 0 Å². The number of aromatic nitrogens is 1. The number of pyridine rings is 1. The highest BCUT2D eigenvalue weighted by Crippen LogP contribution is 2.20. The Hall–Kier alpha value is -2.65. The average molecular weight is 318 g/mol. The molecule has 0 saturated heterocycles. The summed E-state index contributed by atoms with van der Waals surface area (Å²) in [6, 6.07) is 22.7. The van der Waals surface area contributed by atoms with E-state index in [1.54, 1.807) is 6.20 Å². The van der Waals surface area contributed by atoms with Gasteiger partial charge in [-0.25, -0.2) is 0 Å². The molecule has 1 N–H and O–H groups in total. The molecule has 0 aliphatic rings. The summed E-state index contributed by atoms with van der Waals surface area (Å²) in [5.74, 6) is 0.895. The molecule has 0 radical (unpaired) electrons. The Labute approximate surface area is 143 Å². The van der Waals surface area contributed by atoms with E-state index in [1.807, 2.05) is 42.6 Å². The van der Waals surface area contributed by atoms with Gasteiger partial charge in [-0.05, 0) is 41.8 Å². The molecule has 3 nitrogen and oxygen atoms in total. The second-order valence-electron chi connectivity index (χ2n) is 5.81. The molecular weight excluding hydrogens is 296 g/mol. The molecule has 1 aromatic heterocycles. The number of hydrogen-bond donors (Lipinski definition) is 1. The Morgan fingerprint density at radius 1 is 0.958 bits per heavy atom. The number of nitrogens with one attached hydrogen (secondary N) is 1. The molecule has 0 bridgehead atoms. The van der Waals surface area contributed by atoms with E-state index in [0.29, 0.717) is 6.61 Å². The Morgan fingerprint density at radius 2 is 1.79 bits per heavy atom. The Morgan fingerprint density at radius 3 is 2.58 bits per heavy atom. The molecule has 3 heteroatoms. The van der Waals surface area contributed by atoms with E-state index in [0.717, 1.165) is 12.3 Å². The Kier molecular flexibility index (Phi) is 5.59. The van der Waals surface area contributed by atoms with E-state index in [1.165, 1.54) is 16.7 Å². The summed E-state index contributed by atoms with van der Waals surface area (Å²) >= 11 is 0. The lowest BCUT2D eigenvalue weighted by Gasteiger charge is -2.15. The van der Waals surface area contributed by atoms with Crippen LogP contribution < -0.4 is 10.1 Å². The van der Waals surface area contributed by atoms with Gasteiger partial charge in [-0.2, -0.15) is 0 Å². The van der Waals surface area contributed by atoms with Gasteiger partial charge in [-0.1, -0.05) is 48.5 Å². The van der Waals surface area contributed by atoms with Crippen molar-refractivity contribution in [3.63, 3.8) is 0 Å². The highest BCUT2D eigenvalue weighted by Gasteiger charge is 2.06. The first kappa shape index (κ1) is 16.2. The standard InChI is InChI=1S/C21H22N2O/c1-17(23-15-19-9-6-12-22-14-19)20-10-5-11-21(13-20)24-16-18-7-3-2-4-8-18/h2-14,17,23H,15-16H2,1H3. The van der Waals surface area contributed by atoms with Crippen molar-refractivity contribution in [2.45, 2.75) is 26.1 Å². The van der Waals surface area contributed by atoms with Gasteiger partial charge in [0.1, 0.15) is 12.4 Å². The van der Waals surface area contributed by atoms with Gasteiger partial charge in [-0.15, -0.1) is 0 Å². The predicted octanol–water partition coefficient (Wildman–Crippen LogP) is 4.51. The minimum Gasteiger partial charge on any atom is -0.489 e. The third-order valence-electron chi connectivity index (χ3n) is 3.94. The van der Waals surface area contributed by atoms with E-state index in [4.69, 9.17) is 4.74 Å². The van der Waals surface area contributed by atoms with Crippen molar-refractivity contribution >= 4 is 0 Å². The first-order chi connectivity index (χ1) is 11.8. The monoisotopic (exact) mass is 318 g/mol. The van der Waals surface area contributed by atoms with Gasteiger partial charge in [0.2, 0.25) is 0 Å². The van der Waals surface area contributed by atoms with Gasteiger partial charge in [0.25, 0.3) is 0 Å². The number of nitrogens with zero attached hydrogens (tertiary/aromatic N) is 1. The zero-order chi connectivity index (χ0) is 16.6. The van der Waals surface area contributed by atoms with Gasteiger partial charge in [0.05, 0.1) is 0 Å². The SMILES string of the molecule is CC(NCc1cccnc1)c1cccc(OCc2ccccc2)c1. The average Bonchev–Trinajstić information content (AvgIpc) is 2.66. The molecule has 3 aromatic rings. The highest BCUT2D eigenvalue weighted by atomic mass is 16.5. The van der Waals surface area contributed by atoms with Gasteiger partial charge >= 0.3 is 0 Å². The summed E-state index contributed by atoms with van der Waals surface area (Å²) in [5, 5.41) is 3.52. The molecule has 0 saturated carbocycles. The maximum Gasteiger partial charge on any atom is 0.120 e. The minimum atomic E-state index is 0.241. The molecule has 122 valence electrons. The molecule has 2 aromatic carbocycles. The lowest BCUT2D eigenvalue weighted by atomic mass is 10.1. The topological polar surface area (TPSA) is 34.2 Å². The van der Waals surface area contributed by atoms with Crippen LogP contribution in [0, 0.1) is 0 Å². The second-order valence-corrected chi connectivity index (χ2v) is 5.81. The molecule has 0 fully saturated rings. The van der Waals surface area contributed by atoms with Crippen LogP contribution >= 0.6 is 0 Å². The van der Waals surface area contributed by atoms with Crippen LogP contribution in [0.15, 0.2) is 79.1 Å². The van der Waals surface area contributed by atoms with Crippen molar-refractivity contribution in [3.05, 3.63) is 95.8 Å². The summed E-state index contributed by atoms with van der Waals surface area (Å²) in [4.78, 5) is 4.14. The van der Waals surface area contributed by atoms with Crippen molar-refractivity contribution in [1.82, 2.24) is 10.3 Å². The number of ether oxygens (including phenoxy) is 1. The molecule has 0 spiro atoms. The van der Waals surface area contributed by atoms with Crippen molar-refractivity contribution < 1.29 is 4.74 Å². The van der Waals surface area contributed by atoms with E-state index in [-0.39, 0.29) is 6.04 Å². The predicted molar refractivity (Wildman–Crippen MR) is 96.7 cm³/mol. The first-order valence-corrected chi connectivity index (χ1v) is 8.20. The summed E-state index contributed by atoms with van der Waals surface area (Å²) in [5.41, 5.74) is 3.57. The fourth-order valence-corrected chi connectivity index (χ4v) is 2.51. The van der Waals surface area contributed by atoms with Crippen molar-refractivity contribution in [2.24, 2.45) is 0 Å². The van der Waals surface area contributed by atoms with Gasteiger partial charge < -0.3 is 10.1 Å². The first-order valence-electron chi connectivity index (χ1n) is 8.20. The lowest BCUT2D eigenvalue weighted by molar-refractivity contribution is 0.305. The Bertz CT molecular complexity index is 744. The minimum absolute atomic E-state index is 0.241. The van der Waals surface area contributed by atoms with Gasteiger partial charge in [-0.3, -0.25) is 4.98 Å². The zero-order valence-corrected chi connectivity index (χ0v) is 13.9. The molecule has 0 aliphatic carbocycles. The van der Waals surface area contributed by atoms with Crippen LogP contribution in [0.25, 0.3) is 0 Å². The maximum atomic E-state index is 5.91. The quantitative estimate of drug-likeness (QED) is 0.696. The third kappa shape index (κ3) is 4.67. The third-order valence-corrected chi connectivity index (χ3v) is 3.94. The second kappa shape index (κ2) is 8.27. The molecule has 1 atom stereocenters. The van der Waals surface area contributed by atoms with E-state index in [2.05, 4.69) is 47.6 Å². The number of rotatable bonds is 7. The highest BCUT2D eigenvalue weighted by molar-refractivity contribution is 5.31. The molecule has 24 heavy (non-hydrogen) atoms. The van der Waals surface area contributed by atoms with Crippen LogP contribution in [-0.2, 0) is 13.2 Å². The summed E-state index contributed by atoms with van der Waals surface area (Å²) in [6.07, 6.45) is 3.68. The van der Waals surface area contributed by atoms with Crippen LogP contribution in [0.4, 0.5) is 0 Å². The Balaban J connectivity index is 1.57. The molecule has 0 aliphatic heterocycles. The summed E-state index contributed by atoms with van der Waals surface area (Å²) < 4.78 is 5.91. The van der Waals surface area contributed by atoms with Gasteiger partial charge in [0, 0.05) is 25.0 Å². The molecule has 0 amide bonds. The number of benzene rings is 2. The largest absolute Gasteiger partial charge is 0.489 e. The molecular formula is C21H22N2O. The maximum absolute atomic E-state index is 5.91. The van der Waals surface area contributed by atoms with Crippen molar-refractivity contribution in [1.29, 1.82) is 0 Å². The van der Waals surface area contributed by atoms with E-state index in [9.17, 15) is 0 Å². The van der Waals surface area contributed by atoms with Gasteiger partial charge in [0.15, 0.2) is 0 Å². The smallest absolute Gasteiger partial charge is 0.120 e. The van der Waals surface area contributed by atoms with Crippen LogP contribution in [0.2, 0.25) is 0 Å². The van der Waals surface area contributed by atoms with E-state index < -0.39 is 0 Å². The number of hydrogen-bond acceptors (Lipinski definition) is 3. The molecule has 1 unspecified atom stereocenters. The van der Waals surface area contributed by atoms with E-state index >= 15 is 0 Å². The summed E-state index contributed by atoms with van der Waals surface area (Å²) in [6.45, 7) is 3.54.